The topological polar surface area (TPSA) is 23.4 Å². The van der Waals surface area contributed by atoms with Gasteiger partial charge in [0.1, 0.15) is 0 Å². The predicted octanol–water partition coefficient (Wildman–Crippen LogP) is 10.1. The molecule has 0 aliphatic carbocycles. The fourth-order valence-electron chi connectivity index (χ4n) is 5.09. The highest BCUT2D eigenvalue weighted by Gasteiger charge is 2.30. The number of ether oxygens (including phenoxy) is 2. The molecule has 1 aliphatic heterocycles. The van der Waals surface area contributed by atoms with E-state index in [1.165, 1.54) is 42.0 Å². The normalized spacial score (nSPS) is 16.0. The van der Waals surface area contributed by atoms with E-state index < -0.39 is 0 Å². The summed E-state index contributed by atoms with van der Waals surface area (Å²) in [6.45, 7) is 5.78. The van der Waals surface area contributed by atoms with Gasteiger partial charge in [0, 0.05) is 41.0 Å². The molecule has 3 aromatic heterocycles. The molecule has 1 fully saturated rings. The van der Waals surface area contributed by atoms with Crippen molar-refractivity contribution >= 4 is 60.4 Å². The van der Waals surface area contributed by atoms with Gasteiger partial charge >= 0.3 is 0 Å². The fourth-order valence-corrected chi connectivity index (χ4v) is 7.45. The maximum absolute atomic E-state index is 6.01. The van der Waals surface area contributed by atoms with E-state index in [4.69, 9.17) is 9.47 Å². The van der Waals surface area contributed by atoms with Crippen molar-refractivity contribution in [2.24, 2.45) is 5.41 Å². The maximum Gasteiger partial charge on any atom is 0.193 e. The molecule has 0 unspecified atom stereocenters. The van der Waals surface area contributed by atoms with E-state index in [0.29, 0.717) is 0 Å². The van der Waals surface area contributed by atoms with Crippen LogP contribution in [0.3, 0.4) is 0 Å². The van der Waals surface area contributed by atoms with Gasteiger partial charge in [-0.2, -0.15) is 0 Å². The second kappa shape index (κ2) is 9.47. The van der Waals surface area contributed by atoms with Crippen LogP contribution in [-0.2, 0) is 9.47 Å². The lowest BCUT2D eigenvalue weighted by atomic mass is 9.96. The van der Waals surface area contributed by atoms with Gasteiger partial charge in [-0.3, -0.25) is 0 Å². The second-order valence-corrected chi connectivity index (χ2v) is 13.7. The Balaban J connectivity index is 1.23. The summed E-state index contributed by atoms with van der Waals surface area (Å²) in [4.78, 5) is 4.92. The van der Waals surface area contributed by atoms with E-state index in [2.05, 4.69) is 125 Å². The zero-order valence-electron chi connectivity index (χ0n) is 21.1. The largest absolute Gasteiger partial charge is 0.347 e. The van der Waals surface area contributed by atoms with E-state index in [9.17, 15) is 0 Å². The van der Waals surface area contributed by atoms with Gasteiger partial charge in [0.2, 0.25) is 0 Å². The smallest absolute Gasteiger partial charge is 0.193 e. The summed E-state index contributed by atoms with van der Waals surface area (Å²) in [5, 5.41) is 2.53. The first-order valence-electron chi connectivity index (χ1n) is 12.7. The van der Waals surface area contributed by atoms with Crippen LogP contribution in [0, 0.1) is 5.41 Å². The van der Waals surface area contributed by atoms with Crippen molar-refractivity contribution < 1.29 is 9.47 Å². The Morgan fingerprint density at radius 3 is 2.24 bits per heavy atom. The van der Waals surface area contributed by atoms with Crippen molar-refractivity contribution in [3.63, 3.8) is 0 Å². The van der Waals surface area contributed by atoms with Gasteiger partial charge in [-0.1, -0.05) is 54.0 Å². The molecule has 1 aliphatic rings. The Morgan fingerprint density at radius 2 is 1.42 bits per heavy atom. The first-order chi connectivity index (χ1) is 18.4. The minimum Gasteiger partial charge on any atom is -0.347 e. The van der Waals surface area contributed by atoms with Crippen LogP contribution >= 0.6 is 38.6 Å². The van der Waals surface area contributed by atoms with Crippen LogP contribution in [-0.4, -0.2) is 17.8 Å². The molecule has 3 aromatic carbocycles. The molecule has 0 radical (unpaired) electrons. The lowest BCUT2D eigenvalue weighted by Gasteiger charge is -2.34. The molecule has 7 rings (SSSR count). The summed E-state index contributed by atoms with van der Waals surface area (Å²) in [7, 11) is 0. The lowest BCUT2D eigenvalue weighted by molar-refractivity contribution is -0.224. The number of hydrogen-bond donors (Lipinski definition) is 0. The van der Waals surface area contributed by atoms with Crippen LogP contribution in [0.2, 0.25) is 0 Å². The summed E-state index contributed by atoms with van der Waals surface area (Å²) >= 11 is 7.16. The average molecular weight is 601 g/mol. The number of para-hydroxylation sites is 1. The molecular formula is C32H26BrNO2S2. The molecule has 0 atom stereocenters. The summed E-state index contributed by atoms with van der Waals surface area (Å²) in [5.41, 5.74) is 4.91. The number of thiophene rings is 2. The SMILES string of the molecule is CC1(C)COC(c2ccc(-c3ccc(-c4ccc5c(c4)c4ccccc4n5-c4ccc(Br)cc4)s3)s2)OC1. The molecule has 0 saturated carbocycles. The van der Waals surface area contributed by atoms with Gasteiger partial charge in [0.25, 0.3) is 0 Å². The van der Waals surface area contributed by atoms with Crippen molar-refractivity contribution in [3.05, 3.63) is 100 Å². The van der Waals surface area contributed by atoms with Crippen molar-refractivity contribution in [1.29, 1.82) is 0 Å². The number of halogens is 1. The number of rotatable bonds is 4. The van der Waals surface area contributed by atoms with Crippen molar-refractivity contribution in [3.8, 4) is 25.9 Å². The highest BCUT2D eigenvalue weighted by molar-refractivity contribution is 9.10. The van der Waals surface area contributed by atoms with Gasteiger partial charge in [-0.05, 0) is 72.3 Å². The third kappa shape index (κ3) is 4.34. The van der Waals surface area contributed by atoms with Gasteiger partial charge in [0.15, 0.2) is 6.29 Å². The van der Waals surface area contributed by atoms with E-state index in [-0.39, 0.29) is 11.7 Å². The molecule has 0 amide bonds. The highest BCUT2D eigenvalue weighted by atomic mass is 79.9. The number of fused-ring (bicyclic) bond motifs is 3. The van der Waals surface area contributed by atoms with Crippen LogP contribution in [0.25, 0.3) is 47.7 Å². The second-order valence-electron chi connectivity index (χ2n) is 10.5. The van der Waals surface area contributed by atoms with Gasteiger partial charge in [-0.25, -0.2) is 0 Å². The predicted molar refractivity (Wildman–Crippen MR) is 164 cm³/mol. The number of benzene rings is 3. The van der Waals surface area contributed by atoms with E-state index in [1.807, 2.05) is 11.3 Å². The average Bonchev–Trinajstić information content (AvgIpc) is 3.67. The number of aromatic nitrogens is 1. The van der Waals surface area contributed by atoms with E-state index in [0.717, 1.165) is 28.3 Å². The molecule has 1 saturated heterocycles. The molecule has 0 N–H and O–H groups in total. The van der Waals surface area contributed by atoms with E-state index in [1.54, 1.807) is 11.3 Å². The minimum atomic E-state index is -0.258. The van der Waals surface area contributed by atoms with Gasteiger partial charge in [-0.15, -0.1) is 22.7 Å². The molecule has 190 valence electrons. The van der Waals surface area contributed by atoms with Crippen LogP contribution in [0.4, 0.5) is 0 Å². The fraction of sp³-hybridized carbons (Fsp3) is 0.188. The first kappa shape index (κ1) is 24.3. The third-order valence-corrected chi connectivity index (χ3v) is 9.97. The van der Waals surface area contributed by atoms with Gasteiger partial charge < -0.3 is 14.0 Å². The van der Waals surface area contributed by atoms with E-state index >= 15 is 0 Å². The molecule has 6 heteroatoms. The maximum atomic E-state index is 6.01. The highest BCUT2D eigenvalue weighted by Crippen LogP contribution is 2.42. The zero-order valence-corrected chi connectivity index (χ0v) is 24.3. The molecular weight excluding hydrogens is 574 g/mol. The van der Waals surface area contributed by atoms with Crippen LogP contribution in [0.15, 0.2) is 95.5 Å². The monoisotopic (exact) mass is 599 g/mol. The summed E-state index contributed by atoms with van der Waals surface area (Å²) in [6.07, 6.45) is -0.258. The Hall–Kier alpha value is -2.74. The Bertz CT molecular complexity index is 1770. The standard InChI is InChI=1S/C32H26BrNO2S2/c1-32(2)18-35-31(36-19-32)30-16-15-29(38-30)28-14-13-27(37-28)20-7-12-26-24(17-20)23-5-3-4-6-25(23)34(26)22-10-8-21(33)9-11-22/h3-17,31H,18-19H2,1-2H3. The Kier molecular flexibility index (Phi) is 6.06. The molecule has 4 heterocycles. The zero-order chi connectivity index (χ0) is 25.9. The molecule has 38 heavy (non-hydrogen) atoms. The molecule has 3 nitrogen and oxygen atoms in total. The molecule has 0 spiro atoms. The Morgan fingerprint density at radius 1 is 0.737 bits per heavy atom. The minimum absolute atomic E-state index is 0.0743. The molecule has 0 bridgehead atoms. The molecule has 6 aromatic rings. The summed E-state index contributed by atoms with van der Waals surface area (Å²) < 4.78 is 15.4. The first-order valence-corrected chi connectivity index (χ1v) is 15.1. The van der Waals surface area contributed by atoms with Gasteiger partial charge in [0.05, 0.1) is 29.1 Å². The Labute approximate surface area is 238 Å². The lowest BCUT2D eigenvalue weighted by Crippen LogP contribution is -2.33. The number of hydrogen-bond acceptors (Lipinski definition) is 4. The van der Waals surface area contributed by atoms with Crippen LogP contribution in [0.1, 0.15) is 25.0 Å². The van der Waals surface area contributed by atoms with Crippen molar-refractivity contribution in [2.45, 2.75) is 20.1 Å². The van der Waals surface area contributed by atoms with Crippen LogP contribution in [0.5, 0.6) is 0 Å². The summed E-state index contributed by atoms with van der Waals surface area (Å²) in [6, 6.07) is 32.8. The van der Waals surface area contributed by atoms with Crippen molar-refractivity contribution in [2.75, 3.05) is 13.2 Å². The third-order valence-electron chi connectivity index (χ3n) is 7.00. The number of nitrogens with zero attached hydrogens (tertiary/aromatic N) is 1. The summed E-state index contributed by atoms with van der Waals surface area (Å²) in [5.74, 6) is 0. The van der Waals surface area contributed by atoms with Crippen molar-refractivity contribution in [1.82, 2.24) is 4.57 Å². The quantitative estimate of drug-likeness (QED) is 0.201. The van der Waals surface area contributed by atoms with Crippen LogP contribution < -0.4 is 0 Å².